The van der Waals surface area contributed by atoms with Crippen molar-refractivity contribution in [1.29, 1.82) is 0 Å². The second kappa shape index (κ2) is 8.52. The number of hydrogen-bond acceptors (Lipinski definition) is 3. The van der Waals surface area contributed by atoms with E-state index in [2.05, 4.69) is 6.58 Å². The Morgan fingerprint density at radius 3 is 2.58 bits per heavy atom. The maximum Gasteiger partial charge on any atom is 0.317 e. The van der Waals surface area contributed by atoms with E-state index in [9.17, 15) is 4.79 Å². The number of carboxylic acid groups (broad SMARTS) is 1. The van der Waals surface area contributed by atoms with E-state index in [1.54, 1.807) is 11.0 Å². The molecule has 0 aromatic carbocycles. The van der Waals surface area contributed by atoms with Crippen molar-refractivity contribution in [2.24, 2.45) is 5.73 Å². The van der Waals surface area contributed by atoms with Crippen molar-refractivity contribution in [2.75, 3.05) is 26.2 Å². The predicted octanol–water partition coefficient (Wildman–Crippen LogP) is -0.0605. The van der Waals surface area contributed by atoms with Gasteiger partial charge in [-0.15, -0.1) is 19.0 Å². The number of rotatable bonds is 6. The number of carboxylic acids is 1. The molecule has 0 bridgehead atoms. The number of hydrogen-bond donors (Lipinski definition) is 2. The summed E-state index contributed by atoms with van der Waals surface area (Å²) in [5, 5.41) is 8.42. The minimum absolute atomic E-state index is 0. The quantitative estimate of drug-likeness (QED) is 0.582. The summed E-state index contributed by atoms with van der Waals surface area (Å²) in [5.41, 5.74) is 5.27. The molecule has 0 aliphatic heterocycles. The number of aliphatic carboxylic acids is 1. The molecule has 0 aromatic heterocycles. The molecule has 3 N–H and O–H groups in total. The highest BCUT2D eigenvalue weighted by molar-refractivity contribution is 5.85. The van der Waals surface area contributed by atoms with Crippen LogP contribution in [-0.2, 0) is 4.79 Å². The molecule has 0 amide bonds. The summed E-state index contributed by atoms with van der Waals surface area (Å²) >= 11 is 0. The average molecular weight is 195 g/mol. The van der Waals surface area contributed by atoms with Crippen LogP contribution < -0.4 is 5.73 Å². The van der Waals surface area contributed by atoms with Gasteiger partial charge in [-0.3, -0.25) is 9.69 Å². The molecule has 0 aliphatic rings. The van der Waals surface area contributed by atoms with Crippen molar-refractivity contribution in [3.8, 4) is 0 Å². The van der Waals surface area contributed by atoms with Gasteiger partial charge in [-0.2, -0.15) is 0 Å². The summed E-state index contributed by atoms with van der Waals surface area (Å²) in [4.78, 5) is 12.0. The first-order valence-corrected chi connectivity index (χ1v) is 3.45. The molecule has 72 valence electrons. The van der Waals surface area contributed by atoms with E-state index in [4.69, 9.17) is 10.8 Å². The molecular weight excluding hydrogens is 180 g/mol. The van der Waals surface area contributed by atoms with Crippen LogP contribution >= 0.6 is 12.4 Å². The maximum absolute atomic E-state index is 10.2. The molecule has 0 spiro atoms. The Bertz CT molecular complexity index is 141. The molecule has 0 aromatic rings. The third-order valence-corrected chi connectivity index (χ3v) is 1.19. The van der Waals surface area contributed by atoms with Gasteiger partial charge in [0.2, 0.25) is 0 Å². The Hall–Kier alpha value is -0.580. The van der Waals surface area contributed by atoms with Crippen LogP contribution in [-0.4, -0.2) is 42.2 Å². The SMILES string of the molecule is C=CCN(CCN)CC(=O)O.Cl. The smallest absolute Gasteiger partial charge is 0.317 e. The molecule has 0 heterocycles. The standard InChI is InChI=1S/C7H14N2O2.ClH/c1-2-4-9(5-3-8)6-7(10)11;/h2H,1,3-6,8H2,(H,10,11);1H. The van der Waals surface area contributed by atoms with Crippen LogP contribution in [0.2, 0.25) is 0 Å². The molecule has 0 saturated carbocycles. The van der Waals surface area contributed by atoms with E-state index >= 15 is 0 Å². The lowest BCUT2D eigenvalue weighted by atomic mass is 10.4. The van der Waals surface area contributed by atoms with Crippen LogP contribution in [0.1, 0.15) is 0 Å². The Morgan fingerprint density at radius 1 is 1.67 bits per heavy atom. The maximum atomic E-state index is 10.2. The molecular formula is C7H15ClN2O2. The first kappa shape index (κ1) is 14.0. The molecule has 0 radical (unpaired) electrons. The van der Waals surface area contributed by atoms with E-state index in [-0.39, 0.29) is 19.0 Å². The van der Waals surface area contributed by atoms with E-state index in [0.717, 1.165) is 0 Å². The van der Waals surface area contributed by atoms with Crippen molar-refractivity contribution in [2.45, 2.75) is 0 Å². The molecule has 4 nitrogen and oxygen atoms in total. The van der Waals surface area contributed by atoms with Gasteiger partial charge in [0.25, 0.3) is 0 Å². The second-order valence-electron chi connectivity index (χ2n) is 2.21. The number of carbonyl (C=O) groups is 1. The predicted molar refractivity (Wildman–Crippen MR) is 50.6 cm³/mol. The molecule has 0 fully saturated rings. The highest BCUT2D eigenvalue weighted by Gasteiger charge is 2.05. The van der Waals surface area contributed by atoms with Crippen LogP contribution in [0.3, 0.4) is 0 Å². The minimum atomic E-state index is -0.833. The Labute approximate surface area is 78.4 Å². The lowest BCUT2D eigenvalue weighted by molar-refractivity contribution is -0.138. The zero-order valence-electron chi connectivity index (χ0n) is 6.90. The Kier molecular flexibility index (Phi) is 9.92. The monoisotopic (exact) mass is 194 g/mol. The zero-order chi connectivity index (χ0) is 8.69. The number of nitrogens with zero attached hydrogens (tertiary/aromatic N) is 1. The van der Waals surface area contributed by atoms with Gasteiger partial charge in [-0.1, -0.05) is 6.08 Å². The topological polar surface area (TPSA) is 66.6 Å². The van der Waals surface area contributed by atoms with E-state index in [1.165, 1.54) is 0 Å². The summed E-state index contributed by atoms with van der Waals surface area (Å²) < 4.78 is 0. The first-order valence-electron chi connectivity index (χ1n) is 3.45. The van der Waals surface area contributed by atoms with E-state index in [1.807, 2.05) is 0 Å². The van der Waals surface area contributed by atoms with E-state index < -0.39 is 5.97 Å². The Balaban J connectivity index is 0. The largest absolute Gasteiger partial charge is 0.480 e. The second-order valence-corrected chi connectivity index (χ2v) is 2.21. The fourth-order valence-corrected chi connectivity index (χ4v) is 0.791. The van der Waals surface area contributed by atoms with Crippen molar-refractivity contribution in [3.63, 3.8) is 0 Å². The molecule has 0 saturated heterocycles. The van der Waals surface area contributed by atoms with Gasteiger partial charge >= 0.3 is 5.97 Å². The fourth-order valence-electron chi connectivity index (χ4n) is 0.791. The van der Waals surface area contributed by atoms with Gasteiger partial charge in [-0.25, -0.2) is 0 Å². The molecule has 5 heteroatoms. The minimum Gasteiger partial charge on any atom is -0.480 e. The van der Waals surface area contributed by atoms with Gasteiger partial charge < -0.3 is 10.8 Å². The van der Waals surface area contributed by atoms with Crippen molar-refractivity contribution in [1.82, 2.24) is 4.90 Å². The third kappa shape index (κ3) is 7.53. The van der Waals surface area contributed by atoms with E-state index in [0.29, 0.717) is 19.6 Å². The van der Waals surface area contributed by atoms with Crippen molar-refractivity contribution in [3.05, 3.63) is 12.7 Å². The van der Waals surface area contributed by atoms with Gasteiger partial charge in [0.1, 0.15) is 0 Å². The molecule has 0 unspecified atom stereocenters. The number of halogens is 1. The molecule has 0 atom stereocenters. The van der Waals surface area contributed by atoms with Gasteiger partial charge in [0, 0.05) is 19.6 Å². The zero-order valence-corrected chi connectivity index (χ0v) is 7.72. The van der Waals surface area contributed by atoms with Crippen molar-refractivity contribution < 1.29 is 9.90 Å². The normalized spacial score (nSPS) is 9.17. The van der Waals surface area contributed by atoms with Crippen LogP contribution in [0.15, 0.2) is 12.7 Å². The average Bonchev–Trinajstić information content (AvgIpc) is 1.87. The van der Waals surface area contributed by atoms with Gasteiger partial charge in [0.05, 0.1) is 6.54 Å². The van der Waals surface area contributed by atoms with Gasteiger partial charge in [0.15, 0.2) is 0 Å². The summed E-state index contributed by atoms with van der Waals surface area (Å²) in [5.74, 6) is -0.833. The Morgan fingerprint density at radius 2 is 2.25 bits per heavy atom. The molecule has 0 rings (SSSR count). The summed E-state index contributed by atoms with van der Waals surface area (Å²) in [6, 6.07) is 0. The van der Waals surface area contributed by atoms with Crippen LogP contribution in [0.5, 0.6) is 0 Å². The lowest BCUT2D eigenvalue weighted by Crippen LogP contribution is -2.34. The summed E-state index contributed by atoms with van der Waals surface area (Å²) in [6.45, 7) is 5.19. The summed E-state index contributed by atoms with van der Waals surface area (Å²) in [7, 11) is 0. The highest BCUT2D eigenvalue weighted by atomic mass is 35.5. The molecule has 0 aliphatic carbocycles. The fraction of sp³-hybridized carbons (Fsp3) is 0.571. The lowest BCUT2D eigenvalue weighted by Gasteiger charge is -2.16. The third-order valence-electron chi connectivity index (χ3n) is 1.19. The highest BCUT2D eigenvalue weighted by Crippen LogP contribution is 1.86. The van der Waals surface area contributed by atoms with Gasteiger partial charge in [-0.05, 0) is 0 Å². The first-order chi connectivity index (χ1) is 5.20. The van der Waals surface area contributed by atoms with Crippen LogP contribution in [0, 0.1) is 0 Å². The van der Waals surface area contributed by atoms with Crippen molar-refractivity contribution >= 4 is 18.4 Å². The molecule has 12 heavy (non-hydrogen) atoms. The number of nitrogens with two attached hydrogens (primary N) is 1. The summed E-state index contributed by atoms with van der Waals surface area (Å²) in [6.07, 6.45) is 1.67. The van der Waals surface area contributed by atoms with Crippen LogP contribution in [0.4, 0.5) is 0 Å². The van der Waals surface area contributed by atoms with Crippen LogP contribution in [0.25, 0.3) is 0 Å².